The van der Waals surface area contributed by atoms with Crippen molar-refractivity contribution in [3.8, 4) is 5.75 Å². The summed E-state index contributed by atoms with van der Waals surface area (Å²) < 4.78 is 31.9. The molecule has 0 saturated heterocycles. The summed E-state index contributed by atoms with van der Waals surface area (Å²) in [7, 11) is -3.80. The summed E-state index contributed by atoms with van der Waals surface area (Å²) in [6, 6.07) is 19.2. The van der Waals surface area contributed by atoms with E-state index < -0.39 is 28.4 Å². The van der Waals surface area contributed by atoms with Gasteiger partial charge in [-0.25, -0.2) is 23.4 Å². The molecule has 0 saturated carbocycles. The average molecular weight is 486 g/mol. The lowest BCUT2D eigenvalue weighted by atomic mass is 10.2. The monoisotopic (exact) mass is 485 g/mol. The number of carbonyl (C=O) groups is 2. The minimum atomic E-state index is -3.80. The zero-order valence-corrected chi connectivity index (χ0v) is 19.1. The molecular weight excluding hydrogens is 466 g/mol. The number of esters is 1. The van der Waals surface area contributed by atoms with Crippen molar-refractivity contribution in [3.63, 3.8) is 0 Å². The lowest BCUT2D eigenvalue weighted by molar-refractivity contribution is -0.119. The van der Waals surface area contributed by atoms with Gasteiger partial charge < -0.3 is 4.74 Å². The van der Waals surface area contributed by atoms with Crippen molar-refractivity contribution in [1.82, 2.24) is 10.1 Å². The van der Waals surface area contributed by atoms with Crippen LogP contribution in [0.5, 0.6) is 5.75 Å². The van der Waals surface area contributed by atoms with E-state index in [0.717, 1.165) is 5.56 Å². The highest BCUT2D eigenvalue weighted by molar-refractivity contribution is 7.89. The number of carbonyl (C=O) groups excluding carboxylic acids is 2. The van der Waals surface area contributed by atoms with E-state index in [4.69, 9.17) is 16.3 Å². The summed E-state index contributed by atoms with van der Waals surface area (Å²) >= 11 is 5.99. The van der Waals surface area contributed by atoms with E-state index >= 15 is 0 Å². The van der Waals surface area contributed by atoms with E-state index in [0.29, 0.717) is 16.3 Å². The minimum absolute atomic E-state index is 0.0692. The first-order chi connectivity index (χ1) is 15.7. The van der Waals surface area contributed by atoms with Gasteiger partial charge in [-0.05, 0) is 61.0 Å². The number of hydrogen-bond donors (Lipinski definition) is 2. The Kier molecular flexibility index (Phi) is 7.94. The Labute approximate surface area is 196 Å². The predicted octanol–water partition coefficient (Wildman–Crippen LogP) is 3.30. The highest BCUT2D eigenvalue weighted by Crippen LogP contribution is 2.19. The van der Waals surface area contributed by atoms with Crippen LogP contribution >= 0.6 is 11.6 Å². The maximum Gasteiger partial charge on any atom is 0.345 e. The van der Waals surface area contributed by atoms with Gasteiger partial charge in [0.2, 0.25) is 10.0 Å². The third-order valence-electron chi connectivity index (χ3n) is 4.34. The Morgan fingerprint density at radius 2 is 1.67 bits per heavy atom. The van der Waals surface area contributed by atoms with Crippen LogP contribution in [-0.2, 0) is 14.8 Å². The van der Waals surface area contributed by atoms with E-state index in [-0.39, 0.29) is 10.5 Å². The van der Waals surface area contributed by atoms with Gasteiger partial charge in [-0.15, -0.1) is 0 Å². The molecule has 10 heteroatoms. The molecule has 0 atom stereocenters. The van der Waals surface area contributed by atoms with Gasteiger partial charge in [0.1, 0.15) is 5.75 Å². The second kappa shape index (κ2) is 10.9. The average Bonchev–Trinajstić information content (AvgIpc) is 2.79. The van der Waals surface area contributed by atoms with Gasteiger partial charge >= 0.3 is 5.97 Å². The molecule has 0 aliphatic carbocycles. The van der Waals surface area contributed by atoms with Crippen molar-refractivity contribution < 1.29 is 22.7 Å². The fourth-order valence-electron chi connectivity index (χ4n) is 2.59. The number of nitrogens with zero attached hydrogens (tertiary/aromatic N) is 1. The van der Waals surface area contributed by atoms with Gasteiger partial charge in [0.15, 0.2) is 0 Å². The Balaban J connectivity index is 1.49. The number of rotatable bonds is 8. The van der Waals surface area contributed by atoms with Crippen molar-refractivity contribution in [2.75, 3.05) is 6.54 Å². The number of aryl methyl sites for hydroxylation is 1. The van der Waals surface area contributed by atoms with Crippen molar-refractivity contribution in [2.24, 2.45) is 5.10 Å². The molecule has 0 unspecified atom stereocenters. The molecule has 33 heavy (non-hydrogen) atoms. The lowest BCUT2D eigenvalue weighted by Gasteiger charge is -2.06. The lowest BCUT2D eigenvalue weighted by Crippen LogP contribution is -2.34. The van der Waals surface area contributed by atoms with Crippen LogP contribution in [0.2, 0.25) is 5.02 Å². The van der Waals surface area contributed by atoms with Gasteiger partial charge in [-0.1, -0.05) is 41.4 Å². The van der Waals surface area contributed by atoms with E-state index in [1.807, 2.05) is 6.92 Å². The minimum Gasteiger partial charge on any atom is -0.423 e. The molecular formula is C23H20ClN3O5S. The maximum atomic E-state index is 12.2. The highest BCUT2D eigenvalue weighted by Gasteiger charge is 2.15. The molecule has 0 heterocycles. The number of ether oxygens (including phenoxy) is 1. The standard InChI is InChI=1S/C23H20ClN3O5S/c1-16-6-12-19(13-7-16)33(30,31)26-15-22(28)27-25-14-17-8-10-18(11-9-17)32-23(29)20-4-2-3-5-21(20)24/h2-14,26H,15H2,1H3,(H,27,28)/b25-14+. The number of amides is 1. The third kappa shape index (κ3) is 6.98. The molecule has 2 N–H and O–H groups in total. The normalized spacial score (nSPS) is 11.3. The SMILES string of the molecule is Cc1ccc(S(=O)(=O)NCC(=O)N/N=C/c2ccc(OC(=O)c3ccccc3Cl)cc2)cc1. The van der Waals surface area contributed by atoms with E-state index in [1.54, 1.807) is 60.7 Å². The van der Waals surface area contributed by atoms with Crippen molar-refractivity contribution in [1.29, 1.82) is 0 Å². The molecule has 3 aromatic carbocycles. The second-order valence-corrected chi connectivity index (χ2v) is 9.04. The largest absolute Gasteiger partial charge is 0.423 e. The van der Waals surface area contributed by atoms with E-state index in [2.05, 4.69) is 15.2 Å². The maximum absolute atomic E-state index is 12.2. The number of hydrogen-bond acceptors (Lipinski definition) is 6. The molecule has 1 amide bonds. The molecule has 0 aromatic heterocycles. The number of hydrazone groups is 1. The Bertz CT molecular complexity index is 1270. The number of benzene rings is 3. The number of nitrogens with one attached hydrogen (secondary N) is 2. The summed E-state index contributed by atoms with van der Waals surface area (Å²) in [5, 5.41) is 4.09. The first kappa shape index (κ1) is 24.1. The fraction of sp³-hybridized carbons (Fsp3) is 0.0870. The van der Waals surface area contributed by atoms with Gasteiger partial charge in [0, 0.05) is 0 Å². The van der Waals surface area contributed by atoms with Crippen LogP contribution in [-0.4, -0.2) is 33.1 Å². The van der Waals surface area contributed by atoms with E-state index in [1.165, 1.54) is 18.3 Å². The Morgan fingerprint density at radius 1 is 1.00 bits per heavy atom. The Hall–Kier alpha value is -3.53. The van der Waals surface area contributed by atoms with Crippen LogP contribution in [0.3, 0.4) is 0 Å². The van der Waals surface area contributed by atoms with Crippen LogP contribution in [0.1, 0.15) is 21.5 Å². The first-order valence-corrected chi connectivity index (χ1v) is 11.6. The van der Waals surface area contributed by atoms with Crippen molar-refractivity contribution in [2.45, 2.75) is 11.8 Å². The van der Waals surface area contributed by atoms with Gasteiger partial charge in [0.05, 0.1) is 28.2 Å². The molecule has 0 aliphatic heterocycles. The highest BCUT2D eigenvalue weighted by atomic mass is 35.5. The quantitative estimate of drug-likeness (QED) is 0.220. The van der Waals surface area contributed by atoms with Crippen molar-refractivity contribution in [3.05, 3.63) is 94.5 Å². The zero-order chi connectivity index (χ0) is 23.8. The van der Waals surface area contributed by atoms with E-state index in [9.17, 15) is 18.0 Å². The van der Waals surface area contributed by atoms with Gasteiger partial charge in [0.25, 0.3) is 5.91 Å². The Morgan fingerprint density at radius 3 is 2.33 bits per heavy atom. The van der Waals surface area contributed by atoms with Crippen LogP contribution < -0.4 is 14.9 Å². The first-order valence-electron chi connectivity index (χ1n) is 9.69. The molecule has 3 rings (SSSR count). The molecule has 0 spiro atoms. The van der Waals surface area contributed by atoms with Crippen molar-refractivity contribution >= 4 is 39.7 Å². The van der Waals surface area contributed by atoms with Crippen LogP contribution in [0.4, 0.5) is 0 Å². The summed E-state index contributed by atoms with van der Waals surface area (Å²) in [4.78, 5) is 24.1. The number of sulfonamides is 1. The summed E-state index contributed by atoms with van der Waals surface area (Å²) in [6.07, 6.45) is 1.37. The zero-order valence-electron chi connectivity index (χ0n) is 17.5. The predicted molar refractivity (Wildman–Crippen MR) is 125 cm³/mol. The molecule has 8 nitrogen and oxygen atoms in total. The number of halogens is 1. The molecule has 0 aliphatic rings. The van der Waals surface area contributed by atoms with Crippen LogP contribution in [0.25, 0.3) is 0 Å². The molecule has 0 radical (unpaired) electrons. The van der Waals surface area contributed by atoms with Crippen LogP contribution in [0, 0.1) is 6.92 Å². The third-order valence-corrected chi connectivity index (χ3v) is 6.09. The molecule has 0 fully saturated rings. The summed E-state index contributed by atoms with van der Waals surface area (Å²) in [5.74, 6) is -0.902. The molecule has 170 valence electrons. The fourth-order valence-corrected chi connectivity index (χ4v) is 3.79. The topological polar surface area (TPSA) is 114 Å². The van der Waals surface area contributed by atoms with Crippen LogP contribution in [0.15, 0.2) is 82.8 Å². The summed E-state index contributed by atoms with van der Waals surface area (Å²) in [5.41, 5.74) is 4.04. The smallest absolute Gasteiger partial charge is 0.345 e. The van der Waals surface area contributed by atoms with Gasteiger partial charge in [-0.2, -0.15) is 5.10 Å². The second-order valence-electron chi connectivity index (χ2n) is 6.87. The summed E-state index contributed by atoms with van der Waals surface area (Å²) in [6.45, 7) is 1.38. The van der Waals surface area contributed by atoms with Gasteiger partial charge in [-0.3, -0.25) is 4.79 Å². The molecule has 0 bridgehead atoms. The molecule has 3 aromatic rings.